The van der Waals surface area contributed by atoms with E-state index in [4.69, 9.17) is 4.74 Å². The minimum Gasteiger partial charge on any atom is -0.462 e. The summed E-state index contributed by atoms with van der Waals surface area (Å²) in [6.45, 7) is 1.87. The Morgan fingerprint density at radius 2 is 2.00 bits per heavy atom. The van der Waals surface area contributed by atoms with Gasteiger partial charge in [0.05, 0.1) is 17.7 Å². The van der Waals surface area contributed by atoms with Crippen molar-refractivity contribution in [2.45, 2.75) is 6.92 Å². The molecule has 1 heterocycles. The van der Waals surface area contributed by atoms with Crippen LogP contribution < -0.4 is 5.32 Å². The van der Waals surface area contributed by atoms with E-state index in [2.05, 4.69) is 5.32 Å². The number of rotatable bonds is 4. The zero-order chi connectivity index (χ0) is 15.4. The van der Waals surface area contributed by atoms with E-state index < -0.39 is 23.5 Å². The van der Waals surface area contributed by atoms with Gasteiger partial charge in [0.1, 0.15) is 16.6 Å². The molecular weight excluding hydrogens is 300 g/mol. The summed E-state index contributed by atoms with van der Waals surface area (Å²) in [5.41, 5.74) is -0.114. The molecule has 110 valence electrons. The van der Waals surface area contributed by atoms with Crippen LogP contribution in [0, 0.1) is 11.6 Å². The Balaban J connectivity index is 2.20. The molecule has 0 aliphatic heterocycles. The highest BCUT2D eigenvalue weighted by Crippen LogP contribution is 2.25. The molecule has 1 aromatic heterocycles. The minimum atomic E-state index is -0.971. The van der Waals surface area contributed by atoms with Crippen LogP contribution in [0.5, 0.6) is 0 Å². The molecule has 2 rings (SSSR count). The molecule has 1 aromatic carbocycles. The molecule has 1 N–H and O–H groups in total. The summed E-state index contributed by atoms with van der Waals surface area (Å²) < 4.78 is 31.2. The lowest BCUT2D eigenvalue weighted by Crippen LogP contribution is -2.15. The number of esters is 1. The smallest absolute Gasteiger partial charge is 0.341 e. The predicted octanol–water partition coefficient (Wildman–Crippen LogP) is 3.46. The van der Waals surface area contributed by atoms with Gasteiger partial charge in [0.25, 0.3) is 5.91 Å². The van der Waals surface area contributed by atoms with Gasteiger partial charge in [-0.3, -0.25) is 4.79 Å². The molecule has 0 unspecified atom stereocenters. The van der Waals surface area contributed by atoms with Gasteiger partial charge in [-0.1, -0.05) is 0 Å². The molecule has 0 saturated heterocycles. The standard InChI is InChI=1S/C14H11F2NO3S/c1-2-20-14(19)10-5-6-21-13(10)17-12(18)9-4-3-8(15)7-11(9)16/h3-7H,2H2,1H3,(H,17,18). The number of anilines is 1. The largest absolute Gasteiger partial charge is 0.462 e. The van der Waals surface area contributed by atoms with E-state index in [-0.39, 0.29) is 22.7 Å². The first-order chi connectivity index (χ1) is 10.0. The van der Waals surface area contributed by atoms with E-state index in [1.165, 1.54) is 6.07 Å². The first-order valence-corrected chi connectivity index (χ1v) is 6.92. The summed E-state index contributed by atoms with van der Waals surface area (Å²) in [5, 5.41) is 4.27. The Hall–Kier alpha value is -2.28. The number of nitrogens with one attached hydrogen (secondary N) is 1. The normalized spacial score (nSPS) is 10.2. The Morgan fingerprint density at radius 1 is 1.24 bits per heavy atom. The van der Waals surface area contributed by atoms with Crippen LogP contribution >= 0.6 is 11.3 Å². The van der Waals surface area contributed by atoms with Crippen molar-refractivity contribution in [3.63, 3.8) is 0 Å². The lowest BCUT2D eigenvalue weighted by atomic mass is 10.2. The fourth-order valence-corrected chi connectivity index (χ4v) is 2.39. The number of thiophene rings is 1. The number of hydrogen-bond acceptors (Lipinski definition) is 4. The Kier molecular flexibility index (Phi) is 4.64. The van der Waals surface area contributed by atoms with Crippen molar-refractivity contribution in [1.82, 2.24) is 0 Å². The summed E-state index contributed by atoms with van der Waals surface area (Å²) in [5.74, 6) is -3.08. The fraction of sp³-hybridized carbons (Fsp3) is 0.143. The quantitative estimate of drug-likeness (QED) is 0.880. The summed E-state index contributed by atoms with van der Waals surface area (Å²) in [6, 6.07) is 4.14. The second-order valence-corrected chi connectivity index (χ2v) is 4.88. The molecule has 1 amide bonds. The highest BCUT2D eigenvalue weighted by Gasteiger charge is 2.18. The predicted molar refractivity (Wildman–Crippen MR) is 74.6 cm³/mol. The molecule has 0 aliphatic carbocycles. The van der Waals surface area contributed by atoms with Crippen molar-refractivity contribution in [2.75, 3.05) is 11.9 Å². The highest BCUT2D eigenvalue weighted by atomic mass is 32.1. The van der Waals surface area contributed by atoms with Crippen molar-refractivity contribution < 1.29 is 23.1 Å². The average molecular weight is 311 g/mol. The van der Waals surface area contributed by atoms with Gasteiger partial charge in [-0.25, -0.2) is 13.6 Å². The van der Waals surface area contributed by atoms with Crippen LogP contribution in [0.15, 0.2) is 29.6 Å². The molecule has 0 fully saturated rings. The van der Waals surface area contributed by atoms with E-state index in [1.807, 2.05) is 0 Å². The van der Waals surface area contributed by atoms with Crippen LogP contribution in [-0.4, -0.2) is 18.5 Å². The van der Waals surface area contributed by atoms with Crippen molar-refractivity contribution in [3.05, 3.63) is 52.4 Å². The van der Waals surface area contributed by atoms with E-state index in [0.29, 0.717) is 6.07 Å². The maximum atomic E-state index is 13.5. The second-order valence-electron chi connectivity index (χ2n) is 3.96. The lowest BCUT2D eigenvalue weighted by molar-refractivity contribution is 0.0528. The van der Waals surface area contributed by atoms with Crippen LogP contribution in [0.3, 0.4) is 0 Å². The highest BCUT2D eigenvalue weighted by molar-refractivity contribution is 7.14. The summed E-state index contributed by atoms with van der Waals surface area (Å²) in [7, 11) is 0. The fourth-order valence-electron chi connectivity index (χ4n) is 1.62. The van der Waals surface area contributed by atoms with Crippen LogP contribution in [0.1, 0.15) is 27.6 Å². The molecule has 2 aromatic rings. The number of halogens is 2. The number of ether oxygens (including phenoxy) is 1. The van der Waals surface area contributed by atoms with E-state index in [9.17, 15) is 18.4 Å². The number of amides is 1. The van der Waals surface area contributed by atoms with Crippen LogP contribution in [0.25, 0.3) is 0 Å². The van der Waals surface area contributed by atoms with Gasteiger partial charge >= 0.3 is 5.97 Å². The molecule has 7 heteroatoms. The second kappa shape index (κ2) is 6.45. The van der Waals surface area contributed by atoms with E-state index >= 15 is 0 Å². The summed E-state index contributed by atoms with van der Waals surface area (Å²) in [4.78, 5) is 23.6. The minimum absolute atomic E-state index is 0.192. The third-order valence-electron chi connectivity index (χ3n) is 2.56. The summed E-state index contributed by atoms with van der Waals surface area (Å²) >= 11 is 1.11. The lowest BCUT2D eigenvalue weighted by Gasteiger charge is -2.07. The monoisotopic (exact) mass is 311 g/mol. The molecule has 0 atom stereocenters. The van der Waals surface area contributed by atoms with E-state index in [0.717, 1.165) is 23.5 Å². The van der Waals surface area contributed by atoms with Crippen molar-refractivity contribution >= 4 is 28.2 Å². The molecule has 0 spiro atoms. The number of carbonyl (C=O) groups is 2. The molecule has 0 aliphatic rings. The molecule has 0 radical (unpaired) electrons. The first kappa shape index (κ1) is 15.1. The van der Waals surface area contributed by atoms with Crippen molar-refractivity contribution in [1.29, 1.82) is 0 Å². The Bertz CT molecular complexity index is 685. The van der Waals surface area contributed by atoms with Crippen LogP contribution in [0.4, 0.5) is 13.8 Å². The third kappa shape index (κ3) is 3.43. The van der Waals surface area contributed by atoms with Crippen LogP contribution in [-0.2, 0) is 4.74 Å². The van der Waals surface area contributed by atoms with Crippen LogP contribution in [0.2, 0.25) is 0 Å². The average Bonchev–Trinajstić information content (AvgIpc) is 2.87. The van der Waals surface area contributed by atoms with E-state index in [1.54, 1.807) is 12.3 Å². The SMILES string of the molecule is CCOC(=O)c1ccsc1NC(=O)c1ccc(F)cc1F. The number of benzene rings is 1. The Labute approximate surface area is 123 Å². The molecular formula is C14H11F2NO3S. The van der Waals surface area contributed by atoms with Gasteiger partial charge in [0.15, 0.2) is 0 Å². The van der Waals surface area contributed by atoms with Gasteiger partial charge in [-0.15, -0.1) is 11.3 Å². The number of carbonyl (C=O) groups excluding carboxylic acids is 2. The molecule has 0 saturated carbocycles. The molecule has 4 nitrogen and oxygen atoms in total. The van der Waals surface area contributed by atoms with Crippen molar-refractivity contribution in [2.24, 2.45) is 0 Å². The maximum Gasteiger partial charge on any atom is 0.341 e. The first-order valence-electron chi connectivity index (χ1n) is 6.04. The number of hydrogen-bond donors (Lipinski definition) is 1. The molecule has 0 bridgehead atoms. The molecule has 21 heavy (non-hydrogen) atoms. The van der Waals surface area contributed by atoms with Gasteiger partial charge in [-0.05, 0) is 30.5 Å². The summed E-state index contributed by atoms with van der Waals surface area (Å²) in [6.07, 6.45) is 0. The van der Waals surface area contributed by atoms with Gasteiger partial charge in [-0.2, -0.15) is 0 Å². The topological polar surface area (TPSA) is 55.4 Å². The zero-order valence-corrected chi connectivity index (χ0v) is 11.8. The van der Waals surface area contributed by atoms with Gasteiger partial charge in [0, 0.05) is 6.07 Å². The van der Waals surface area contributed by atoms with Crippen molar-refractivity contribution in [3.8, 4) is 0 Å². The Morgan fingerprint density at radius 3 is 2.67 bits per heavy atom. The van der Waals surface area contributed by atoms with Gasteiger partial charge < -0.3 is 10.1 Å². The zero-order valence-electron chi connectivity index (χ0n) is 11.0. The third-order valence-corrected chi connectivity index (χ3v) is 3.39. The van der Waals surface area contributed by atoms with Gasteiger partial charge in [0.2, 0.25) is 0 Å². The maximum absolute atomic E-state index is 13.5.